The molecule has 0 saturated heterocycles. The van der Waals surface area contributed by atoms with E-state index in [0.29, 0.717) is 5.82 Å². The van der Waals surface area contributed by atoms with Crippen LogP contribution in [0.25, 0.3) is 55.6 Å². The van der Waals surface area contributed by atoms with E-state index in [0.717, 1.165) is 44.2 Å². The van der Waals surface area contributed by atoms with Crippen LogP contribution in [0.3, 0.4) is 0 Å². The van der Waals surface area contributed by atoms with Crippen molar-refractivity contribution >= 4 is 21.8 Å². The zero-order valence-corrected chi connectivity index (χ0v) is 17.3. The van der Waals surface area contributed by atoms with Crippen LogP contribution in [-0.4, -0.2) is 15.0 Å². The third kappa shape index (κ3) is 3.12. The monoisotopic (exact) mass is 409 g/mol. The number of pyridine rings is 1. The second kappa shape index (κ2) is 7.71. The molecule has 3 nitrogen and oxygen atoms in total. The van der Waals surface area contributed by atoms with E-state index < -0.39 is 0 Å². The smallest absolute Gasteiger partial charge is 0.162 e. The predicted molar refractivity (Wildman–Crippen MR) is 131 cm³/mol. The first-order valence-corrected chi connectivity index (χ1v) is 10.6. The molecule has 6 aromatic rings. The Balaban J connectivity index is 1.66. The van der Waals surface area contributed by atoms with Gasteiger partial charge in [-0.3, -0.25) is 4.98 Å². The quantitative estimate of drug-likeness (QED) is 0.311. The van der Waals surface area contributed by atoms with E-state index in [1.807, 2.05) is 48.7 Å². The largest absolute Gasteiger partial charge is 0.255 e. The van der Waals surface area contributed by atoms with E-state index >= 15 is 0 Å². The van der Waals surface area contributed by atoms with Crippen LogP contribution in [0.5, 0.6) is 0 Å². The molecular formula is C29H19N3. The van der Waals surface area contributed by atoms with Gasteiger partial charge in [0.25, 0.3) is 0 Å². The van der Waals surface area contributed by atoms with Gasteiger partial charge in [-0.15, -0.1) is 0 Å². The zero-order chi connectivity index (χ0) is 21.3. The lowest BCUT2D eigenvalue weighted by molar-refractivity contribution is 1.23. The molecule has 32 heavy (non-hydrogen) atoms. The Bertz CT molecular complexity index is 1570. The molecule has 0 aliphatic heterocycles. The number of rotatable bonds is 3. The van der Waals surface area contributed by atoms with Crippen molar-refractivity contribution in [3.63, 3.8) is 0 Å². The molecule has 0 fully saturated rings. The number of para-hydroxylation sites is 2. The van der Waals surface area contributed by atoms with Crippen LogP contribution in [0.2, 0.25) is 0 Å². The van der Waals surface area contributed by atoms with Gasteiger partial charge in [-0.1, -0.05) is 91.0 Å². The fourth-order valence-corrected chi connectivity index (χ4v) is 4.25. The highest BCUT2D eigenvalue weighted by molar-refractivity contribution is 5.99. The van der Waals surface area contributed by atoms with Gasteiger partial charge in [-0.2, -0.15) is 0 Å². The Hall–Kier alpha value is -4.37. The van der Waals surface area contributed by atoms with E-state index in [-0.39, 0.29) is 0 Å². The van der Waals surface area contributed by atoms with Gasteiger partial charge < -0.3 is 0 Å². The van der Waals surface area contributed by atoms with Crippen molar-refractivity contribution in [2.24, 2.45) is 0 Å². The molecule has 0 N–H and O–H groups in total. The van der Waals surface area contributed by atoms with Crippen molar-refractivity contribution in [1.82, 2.24) is 15.0 Å². The lowest BCUT2D eigenvalue weighted by Gasteiger charge is -2.14. The lowest BCUT2D eigenvalue weighted by atomic mass is 9.95. The van der Waals surface area contributed by atoms with Crippen molar-refractivity contribution < 1.29 is 0 Å². The number of hydrogen-bond acceptors (Lipinski definition) is 3. The Labute approximate surface area is 186 Å². The SMILES string of the molecule is c1ccc(-c2ccccc2-c2nc(-c3cccc4cccnc34)nc3ccccc23)cc1. The molecule has 6 rings (SSSR count). The normalized spacial score (nSPS) is 11.1. The molecule has 0 spiro atoms. The van der Waals surface area contributed by atoms with E-state index in [9.17, 15) is 0 Å². The van der Waals surface area contributed by atoms with Crippen molar-refractivity contribution in [2.45, 2.75) is 0 Å². The van der Waals surface area contributed by atoms with E-state index in [2.05, 4.69) is 71.7 Å². The summed E-state index contributed by atoms with van der Waals surface area (Å²) in [6.07, 6.45) is 1.82. The number of hydrogen-bond donors (Lipinski definition) is 0. The number of aromatic nitrogens is 3. The molecule has 0 unspecified atom stereocenters. The van der Waals surface area contributed by atoms with Gasteiger partial charge in [0.1, 0.15) is 0 Å². The summed E-state index contributed by atoms with van der Waals surface area (Å²) in [6, 6.07) is 37.3. The van der Waals surface area contributed by atoms with Gasteiger partial charge in [0.15, 0.2) is 5.82 Å². The molecule has 0 atom stereocenters. The minimum atomic E-state index is 0.686. The highest BCUT2D eigenvalue weighted by Crippen LogP contribution is 2.36. The van der Waals surface area contributed by atoms with Crippen LogP contribution in [0.4, 0.5) is 0 Å². The fraction of sp³-hybridized carbons (Fsp3) is 0. The predicted octanol–water partition coefficient (Wildman–Crippen LogP) is 7.18. The van der Waals surface area contributed by atoms with Crippen molar-refractivity contribution in [3.05, 3.63) is 115 Å². The first-order valence-electron chi connectivity index (χ1n) is 10.6. The summed E-state index contributed by atoms with van der Waals surface area (Å²) in [7, 11) is 0. The van der Waals surface area contributed by atoms with Crippen LogP contribution in [0.1, 0.15) is 0 Å². The summed E-state index contributed by atoms with van der Waals surface area (Å²) >= 11 is 0. The molecule has 0 amide bonds. The molecule has 3 heteroatoms. The van der Waals surface area contributed by atoms with Gasteiger partial charge in [-0.05, 0) is 29.3 Å². The second-order valence-corrected chi connectivity index (χ2v) is 7.71. The standard InChI is InChI=1S/C29H19N3/c1-2-10-20(11-3-1)22-14-4-5-15-23(22)28-24-16-6-7-18-26(24)31-29(32-28)25-17-8-12-21-13-9-19-30-27(21)25/h1-19H. The van der Waals surface area contributed by atoms with Gasteiger partial charge >= 0.3 is 0 Å². The van der Waals surface area contributed by atoms with E-state index in [1.165, 1.54) is 5.56 Å². The summed E-state index contributed by atoms with van der Waals surface area (Å²) in [5, 5.41) is 2.11. The zero-order valence-electron chi connectivity index (χ0n) is 17.3. The maximum absolute atomic E-state index is 5.13. The summed E-state index contributed by atoms with van der Waals surface area (Å²) in [4.78, 5) is 14.7. The molecular weight excluding hydrogens is 390 g/mol. The second-order valence-electron chi connectivity index (χ2n) is 7.71. The van der Waals surface area contributed by atoms with Crippen molar-refractivity contribution in [2.75, 3.05) is 0 Å². The summed E-state index contributed by atoms with van der Waals surface area (Å²) in [6.45, 7) is 0. The molecule has 0 bridgehead atoms. The first-order chi connectivity index (χ1) is 15.9. The Morgan fingerprint density at radius 1 is 0.500 bits per heavy atom. The third-order valence-corrected chi connectivity index (χ3v) is 5.74. The Kier molecular flexibility index (Phi) is 4.43. The van der Waals surface area contributed by atoms with Crippen molar-refractivity contribution in [3.8, 4) is 33.8 Å². The molecule has 4 aromatic carbocycles. The first kappa shape index (κ1) is 18.4. The molecule has 0 saturated carbocycles. The molecule has 0 aliphatic carbocycles. The summed E-state index contributed by atoms with van der Waals surface area (Å²) < 4.78 is 0. The summed E-state index contributed by atoms with van der Waals surface area (Å²) in [5.74, 6) is 0.686. The Morgan fingerprint density at radius 2 is 1.22 bits per heavy atom. The number of nitrogens with zero attached hydrogens (tertiary/aromatic N) is 3. The highest BCUT2D eigenvalue weighted by Gasteiger charge is 2.16. The topological polar surface area (TPSA) is 38.7 Å². The van der Waals surface area contributed by atoms with Gasteiger partial charge in [0.05, 0.1) is 16.7 Å². The molecule has 0 aliphatic rings. The van der Waals surface area contributed by atoms with Crippen LogP contribution in [0, 0.1) is 0 Å². The third-order valence-electron chi connectivity index (χ3n) is 5.74. The van der Waals surface area contributed by atoms with Crippen LogP contribution < -0.4 is 0 Å². The fourth-order valence-electron chi connectivity index (χ4n) is 4.25. The lowest BCUT2D eigenvalue weighted by Crippen LogP contribution is -1.97. The van der Waals surface area contributed by atoms with Gasteiger partial charge in [0, 0.05) is 28.1 Å². The average molecular weight is 409 g/mol. The number of fused-ring (bicyclic) bond motifs is 2. The average Bonchev–Trinajstić information content (AvgIpc) is 2.88. The molecule has 2 heterocycles. The summed E-state index contributed by atoms with van der Waals surface area (Å²) in [5.41, 5.74) is 7.10. The van der Waals surface area contributed by atoms with Crippen LogP contribution in [0.15, 0.2) is 115 Å². The Morgan fingerprint density at radius 3 is 2.12 bits per heavy atom. The maximum Gasteiger partial charge on any atom is 0.162 e. The number of benzene rings is 4. The van der Waals surface area contributed by atoms with Gasteiger partial charge in [-0.25, -0.2) is 9.97 Å². The molecule has 0 radical (unpaired) electrons. The minimum Gasteiger partial charge on any atom is -0.255 e. The molecule has 150 valence electrons. The maximum atomic E-state index is 5.13. The highest BCUT2D eigenvalue weighted by atomic mass is 14.9. The van der Waals surface area contributed by atoms with Gasteiger partial charge in [0.2, 0.25) is 0 Å². The van der Waals surface area contributed by atoms with Crippen LogP contribution in [-0.2, 0) is 0 Å². The minimum absolute atomic E-state index is 0.686. The van der Waals surface area contributed by atoms with E-state index in [4.69, 9.17) is 9.97 Å². The van der Waals surface area contributed by atoms with Crippen molar-refractivity contribution in [1.29, 1.82) is 0 Å². The van der Waals surface area contributed by atoms with Crippen LogP contribution >= 0.6 is 0 Å². The molecule has 2 aromatic heterocycles. The van der Waals surface area contributed by atoms with E-state index in [1.54, 1.807) is 0 Å².